The zero-order chi connectivity index (χ0) is 29.2. The van der Waals surface area contributed by atoms with Gasteiger partial charge in [-0.05, 0) is 54.5 Å². The fraction of sp³-hybridized carbons (Fsp3) is 0.382. The summed E-state index contributed by atoms with van der Waals surface area (Å²) in [4.78, 5) is 28.3. The van der Waals surface area contributed by atoms with E-state index in [4.69, 9.17) is 20.6 Å². The average Bonchev–Trinajstić information content (AvgIpc) is 3.25. The largest absolute Gasteiger partial charge is 0.491 e. The predicted octanol–water partition coefficient (Wildman–Crippen LogP) is 5.99. The van der Waals surface area contributed by atoms with Crippen molar-refractivity contribution in [1.29, 1.82) is 5.41 Å². The number of nitrogens with one attached hydrogen (secondary N) is 1. The molecule has 3 aromatic carbocycles. The van der Waals surface area contributed by atoms with Gasteiger partial charge in [0.15, 0.2) is 0 Å². The smallest absolute Gasteiger partial charge is 0.306 e. The molecule has 0 unspecified atom stereocenters. The van der Waals surface area contributed by atoms with Gasteiger partial charge in [0.1, 0.15) is 18.2 Å². The maximum absolute atomic E-state index is 14.0. The molecule has 216 valence electrons. The highest BCUT2D eigenvalue weighted by Crippen LogP contribution is 2.44. The SMILES string of the molecule is CCCC[C@@]1(CC(=O)OC)C[C@@H](COc2ccc(-c3ccc(C(=N)N)cc3)cc2)N(CCCc2ccccc2)C1=O. The number of amides is 1. The van der Waals surface area contributed by atoms with Crippen LogP contribution in [0.2, 0.25) is 0 Å². The van der Waals surface area contributed by atoms with Crippen LogP contribution in [0.15, 0.2) is 78.9 Å². The standard InChI is InChI=1S/C34H41N3O4/c1-3-4-20-34(23-31(38)40-2)22-29(37(33(34)39)21-8-11-25-9-6-5-7-10-25)24-41-30-18-16-27(17-19-30)26-12-14-28(15-13-26)32(35)36/h5-7,9-10,12-19,29H,3-4,8,11,20-24H2,1-2H3,(H3,35,36)/t29-,34-/m0/s1. The number of unbranched alkanes of at least 4 members (excludes halogenated alkanes) is 1. The molecule has 2 atom stereocenters. The minimum absolute atomic E-state index is 0.0439. The summed E-state index contributed by atoms with van der Waals surface area (Å²) in [5.74, 6) is 0.476. The van der Waals surface area contributed by atoms with Gasteiger partial charge in [-0.2, -0.15) is 0 Å². The lowest BCUT2D eigenvalue weighted by atomic mass is 9.77. The lowest BCUT2D eigenvalue weighted by Crippen LogP contribution is -2.40. The molecule has 0 saturated carbocycles. The van der Waals surface area contributed by atoms with E-state index in [-0.39, 0.29) is 30.2 Å². The van der Waals surface area contributed by atoms with Gasteiger partial charge in [-0.3, -0.25) is 15.0 Å². The maximum atomic E-state index is 14.0. The molecule has 0 radical (unpaired) electrons. The van der Waals surface area contributed by atoms with Crippen LogP contribution in [-0.4, -0.2) is 48.9 Å². The van der Waals surface area contributed by atoms with Crippen LogP contribution < -0.4 is 10.5 Å². The summed E-state index contributed by atoms with van der Waals surface area (Å²) in [6, 6.07) is 25.6. The molecule has 1 aliphatic heterocycles. The number of methoxy groups -OCH3 is 1. The summed E-state index contributed by atoms with van der Waals surface area (Å²) < 4.78 is 11.3. The van der Waals surface area contributed by atoms with Crippen molar-refractivity contribution in [2.45, 2.75) is 57.9 Å². The Bertz CT molecular complexity index is 1310. The number of nitrogens with zero attached hydrogens (tertiary/aromatic N) is 1. The van der Waals surface area contributed by atoms with Crippen LogP contribution >= 0.6 is 0 Å². The van der Waals surface area contributed by atoms with Crippen LogP contribution in [0.4, 0.5) is 0 Å². The molecule has 3 N–H and O–H groups in total. The van der Waals surface area contributed by atoms with E-state index >= 15 is 0 Å². The second-order valence-corrected chi connectivity index (χ2v) is 10.9. The van der Waals surface area contributed by atoms with Gasteiger partial charge in [0.05, 0.1) is 25.0 Å². The van der Waals surface area contributed by atoms with Gasteiger partial charge >= 0.3 is 5.97 Å². The molecule has 0 spiro atoms. The van der Waals surface area contributed by atoms with Crippen molar-refractivity contribution in [2.75, 3.05) is 20.3 Å². The number of carbonyl (C=O) groups excluding carboxylic acids is 2. The second kappa shape index (κ2) is 14.0. The molecule has 7 heteroatoms. The van der Waals surface area contributed by atoms with Crippen molar-refractivity contribution < 1.29 is 19.1 Å². The van der Waals surface area contributed by atoms with E-state index in [0.29, 0.717) is 31.6 Å². The number of likely N-dealkylation sites (tertiary alicyclic amines) is 1. The number of hydrogen-bond donors (Lipinski definition) is 2. The van der Waals surface area contributed by atoms with Gasteiger partial charge in [-0.15, -0.1) is 0 Å². The first kappa shape index (κ1) is 29.8. The van der Waals surface area contributed by atoms with E-state index in [1.807, 2.05) is 71.6 Å². The summed E-state index contributed by atoms with van der Waals surface area (Å²) in [7, 11) is 1.38. The van der Waals surface area contributed by atoms with Crippen LogP contribution in [0.5, 0.6) is 5.75 Å². The van der Waals surface area contributed by atoms with Crippen LogP contribution in [0.3, 0.4) is 0 Å². The number of aryl methyl sites for hydroxylation is 1. The Labute approximate surface area is 243 Å². The van der Waals surface area contributed by atoms with E-state index < -0.39 is 5.41 Å². The predicted molar refractivity (Wildman–Crippen MR) is 162 cm³/mol. The van der Waals surface area contributed by atoms with Crippen LogP contribution in [0, 0.1) is 10.8 Å². The Morgan fingerprint density at radius 1 is 1.00 bits per heavy atom. The summed E-state index contributed by atoms with van der Waals surface area (Å²) in [5, 5.41) is 7.57. The molecule has 4 rings (SSSR count). The lowest BCUT2D eigenvalue weighted by Gasteiger charge is -2.27. The van der Waals surface area contributed by atoms with Gasteiger partial charge in [-0.1, -0.05) is 86.5 Å². The topological polar surface area (TPSA) is 106 Å². The third-order valence-electron chi connectivity index (χ3n) is 8.03. The number of carbonyl (C=O) groups is 2. The quantitative estimate of drug-likeness (QED) is 0.144. The first-order valence-electron chi connectivity index (χ1n) is 14.4. The number of rotatable bonds is 14. The average molecular weight is 556 g/mol. The summed E-state index contributed by atoms with van der Waals surface area (Å²) in [6.45, 7) is 3.08. The summed E-state index contributed by atoms with van der Waals surface area (Å²) in [6.07, 6.45) is 4.90. The monoisotopic (exact) mass is 555 g/mol. The third-order valence-corrected chi connectivity index (χ3v) is 8.03. The van der Waals surface area contributed by atoms with Gasteiger partial charge in [0, 0.05) is 12.1 Å². The highest BCUT2D eigenvalue weighted by Gasteiger charge is 2.52. The summed E-state index contributed by atoms with van der Waals surface area (Å²) >= 11 is 0. The molecule has 0 aliphatic carbocycles. The molecule has 1 aliphatic rings. The molecule has 1 amide bonds. The van der Waals surface area contributed by atoms with Crippen LogP contribution in [0.25, 0.3) is 11.1 Å². The van der Waals surface area contributed by atoms with Crippen LogP contribution in [-0.2, 0) is 20.7 Å². The Morgan fingerprint density at radius 3 is 2.27 bits per heavy atom. The van der Waals surface area contributed by atoms with Crippen LogP contribution in [0.1, 0.15) is 56.6 Å². The van der Waals surface area contributed by atoms with E-state index in [1.54, 1.807) is 0 Å². The van der Waals surface area contributed by atoms with Gasteiger partial charge in [-0.25, -0.2) is 0 Å². The van der Waals surface area contributed by atoms with Crippen molar-refractivity contribution in [3.8, 4) is 16.9 Å². The molecule has 1 fully saturated rings. The molecular weight excluding hydrogens is 514 g/mol. The number of nitrogens with two attached hydrogens (primary N) is 1. The molecule has 7 nitrogen and oxygen atoms in total. The number of esters is 1. The Kier molecular flexibility index (Phi) is 10.2. The highest BCUT2D eigenvalue weighted by atomic mass is 16.5. The molecule has 3 aromatic rings. The third kappa shape index (κ3) is 7.54. The van der Waals surface area contributed by atoms with E-state index in [0.717, 1.165) is 42.6 Å². The Morgan fingerprint density at radius 2 is 1.66 bits per heavy atom. The van der Waals surface area contributed by atoms with E-state index in [1.165, 1.54) is 12.7 Å². The number of ether oxygens (including phenoxy) is 2. The molecule has 0 aromatic heterocycles. The minimum Gasteiger partial charge on any atom is -0.491 e. The van der Waals surface area contributed by atoms with Crippen molar-refractivity contribution in [3.63, 3.8) is 0 Å². The number of hydrogen-bond acceptors (Lipinski definition) is 5. The number of amidine groups is 1. The van der Waals surface area contributed by atoms with Gasteiger partial charge in [0.25, 0.3) is 0 Å². The number of nitrogen functional groups attached to an aromatic ring is 1. The molecule has 1 saturated heterocycles. The highest BCUT2D eigenvalue weighted by molar-refractivity contribution is 5.95. The lowest BCUT2D eigenvalue weighted by molar-refractivity contribution is -0.149. The van der Waals surface area contributed by atoms with E-state index in [2.05, 4.69) is 19.1 Å². The van der Waals surface area contributed by atoms with Crippen molar-refractivity contribution in [1.82, 2.24) is 4.90 Å². The van der Waals surface area contributed by atoms with Gasteiger partial charge < -0.3 is 20.1 Å². The zero-order valence-corrected chi connectivity index (χ0v) is 24.1. The minimum atomic E-state index is -0.750. The van der Waals surface area contributed by atoms with Crippen molar-refractivity contribution >= 4 is 17.7 Å². The maximum Gasteiger partial charge on any atom is 0.306 e. The molecular formula is C34H41N3O4. The van der Waals surface area contributed by atoms with E-state index in [9.17, 15) is 9.59 Å². The second-order valence-electron chi connectivity index (χ2n) is 10.9. The van der Waals surface area contributed by atoms with Crippen molar-refractivity contribution in [2.24, 2.45) is 11.1 Å². The Balaban J connectivity index is 1.47. The first-order valence-corrected chi connectivity index (χ1v) is 14.4. The first-order chi connectivity index (χ1) is 19.8. The normalized spacial score (nSPS) is 18.3. The summed E-state index contributed by atoms with van der Waals surface area (Å²) in [5.41, 5.74) is 8.81. The molecule has 41 heavy (non-hydrogen) atoms. The fourth-order valence-electron chi connectivity index (χ4n) is 5.74. The zero-order valence-electron chi connectivity index (χ0n) is 24.1. The Hall–Kier alpha value is -4.13. The van der Waals surface area contributed by atoms with Gasteiger partial charge in [0.2, 0.25) is 5.91 Å². The molecule has 0 bridgehead atoms. The van der Waals surface area contributed by atoms with Crippen molar-refractivity contribution in [3.05, 3.63) is 90.0 Å². The number of benzene rings is 3. The fourth-order valence-corrected chi connectivity index (χ4v) is 5.74. The molecule has 1 heterocycles.